The zero-order valence-electron chi connectivity index (χ0n) is 26.7. The lowest BCUT2D eigenvalue weighted by Crippen LogP contribution is -2.00. The van der Waals surface area contributed by atoms with Gasteiger partial charge in [-0.15, -0.1) is 0 Å². The van der Waals surface area contributed by atoms with Crippen LogP contribution < -0.4 is 0 Å². The average Bonchev–Trinajstić information content (AvgIpc) is 3.77. The summed E-state index contributed by atoms with van der Waals surface area (Å²) in [6, 6.07) is 55.7. The molecule has 10 aromatic rings. The SMILES string of the molecule is c1ccc(-c2ccc(-c3nc(-c4ccccc4)nc(-c4cccc5oc6ccc(-c7cccc8oc9ccccc9c78)cc6c45)n3)cc2)cc1. The molecule has 234 valence electrons. The van der Waals surface area contributed by atoms with E-state index in [1.807, 2.05) is 72.8 Å². The molecule has 0 aliphatic carbocycles. The lowest BCUT2D eigenvalue weighted by molar-refractivity contribution is 0.669. The Balaban J connectivity index is 1.16. The van der Waals surface area contributed by atoms with Gasteiger partial charge in [0, 0.05) is 38.2 Å². The van der Waals surface area contributed by atoms with E-state index in [4.69, 9.17) is 23.8 Å². The number of nitrogens with zero attached hydrogens (tertiary/aromatic N) is 3. The van der Waals surface area contributed by atoms with Crippen molar-refractivity contribution in [3.05, 3.63) is 164 Å². The normalized spacial score (nSPS) is 11.6. The summed E-state index contributed by atoms with van der Waals surface area (Å²) >= 11 is 0. The number of rotatable bonds is 5. The van der Waals surface area contributed by atoms with Crippen LogP contribution in [0.25, 0.3) is 100 Å². The molecule has 0 saturated heterocycles. The maximum atomic E-state index is 6.44. The lowest BCUT2D eigenvalue weighted by Gasteiger charge is -2.10. The summed E-state index contributed by atoms with van der Waals surface area (Å²) in [6.45, 7) is 0. The molecule has 0 amide bonds. The van der Waals surface area contributed by atoms with Crippen molar-refractivity contribution in [3.63, 3.8) is 0 Å². The van der Waals surface area contributed by atoms with E-state index in [0.717, 1.165) is 82.8 Å². The third kappa shape index (κ3) is 4.67. The smallest absolute Gasteiger partial charge is 0.164 e. The highest BCUT2D eigenvalue weighted by Crippen LogP contribution is 2.41. The quantitative estimate of drug-likeness (QED) is 0.187. The van der Waals surface area contributed by atoms with Crippen LogP contribution in [0, 0.1) is 0 Å². The van der Waals surface area contributed by atoms with Crippen molar-refractivity contribution >= 4 is 43.9 Å². The Morgan fingerprint density at radius 2 is 0.780 bits per heavy atom. The predicted octanol–water partition coefficient (Wildman–Crippen LogP) is 12.0. The lowest BCUT2D eigenvalue weighted by atomic mass is 9.97. The molecule has 0 N–H and O–H groups in total. The monoisotopic (exact) mass is 641 g/mol. The molecule has 0 atom stereocenters. The van der Waals surface area contributed by atoms with Crippen LogP contribution >= 0.6 is 0 Å². The number of aromatic nitrogens is 3. The first-order valence-electron chi connectivity index (χ1n) is 16.6. The van der Waals surface area contributed by atoms with Crippen molar-refractivity contribution in [3.8, 4) is 56.4 Å². The maximum Gasteiger partial charge on any atom is 0.164 e. The van der Waals surface area contributed by atoms with Crippen LogP contribution in [0.1, 0.15) is 0 Å². The summed E-state index contributed by atoms with van der Waals surface area (Å²) in [6.07, 6.45) is 0. The van der Waals surface area contributed by atoms with Crippen molar-refractivity contribution in [2.24, 2.45) is 0 Å². The minimum atomic E-state index is 0.586. The Morgan fingerprint density at radius 1 is 0.300 bits per heavy atom. The summed E-state index contributed by atoms with van der Waals surface area (Å²) < 4.78 is 12.7. The molecule has 3 aromatic heterocycles. The third-order valence-corrected chi connectivity index (χ3v) is 9.37. The fourth-order valence-corrected chi connectivity index (χ4v) is 6.98. The van der Waals surface area contributed by atoms with Crippen LogP contribution in [0.15, 0.2) is 173 Å². The van der Waals surface area contributed by atoms with E-state index in [2.05, 4.69) is 91.0 Å². The molecular formula is C45H27N3O2. The molecule has 0 aliphatic heterocycles. The average molecular weight is 642 g/mol. The van der Waals surface area contributed by atoms with E-state index in [9.17, 15) is 0 Å². The van der Waals surface area contributed by atoms with E-state index >= 15 is 0 Å². The minimum absolute atomic E-state index is 0.586. The van der Waals surface area contributed by atoms with Crippen LogP contribution in [0.4, 0.5) is 0 Å². The van der Waals surface area contributed by atoms with Crippen LogP contribution in [0.3, 0.4) is 0 Å². The van der Waals surface area contributed by atoms with Gasteiger partial charge in [-0.3, -0.25) is 0 Å². The Morgan fingerprint density at radius 3 is 1.50 bits per heavy atom. The summed E-state index contributed by atoms with van der Waals surface area (Å²) in [5, 5.41) is 4.15. The first-order chi connectivity index (χ1) is 24.8. The van der Waals surface area contributed by atoms with Crippen molar-refractivity contribution in [1.29, 1.82) is 0 Å². The Hall–Kier alpha value is -6.85. The summed E-state index contributed by atoms with van der Waals surface area (Å²) in [5.74, 6) is 1.81. The van der Waals surface area contributed by atoms with E-state index < -0.39 is 0 Å². The topological polar surface area (TPSA) is 65.0 Å². The minimum Gasteiger partial charge on any atom is -0.456 e. The van der Waals surface area contributed by atoms with Crippen LogP contribution in [-0.4, -0.2) is 15.0 Å². The Labute approximate surface area is 287 Å². The van der Waals surface area contributed by atoms with E-state index in [-0.39, 0.29) is 0 Å². The molecule has 5 heteroatoms. The summed E-state index contributed by atoms with van der Waals surface area (Å²) in [5.41, 5.74) is 10.5. The highest BCUT2D eigenvalue weighted by atomic mass is 16.3. The third-order valence-electron chi connectivity index (χ3n) is 9.37. The molecule has 0 aliphatic rings. The van der Waals surface area contributed by atoms with Crippen LogP contribution in [-0.2, 0) is 0 Å². The van der Waals surface area contributed by atoms with Crippen molar-refractivity contribution in [2.45, 2.75) is 0 Å². The van der Waals surface area contributed by atoms with Crippen LogP contribution in [0.5, 0.6) is 0 Å². The Kier molecular flexibility index (Phi) is 6.42. The molecule has 0 fully saturated rings. The molecule has 7 aromatic carbocycles. The molecular weight excluding hydrogens is 615 g/mol. The zero-order chi connectivity index (χ0) is 33.0. The largest absolute Gasteiger partial charge is 0.456 e. The number of hydrogen-bond acceptors (Lipinski definition) is 5. The summed E-state index contributed by atoms with van der Waals surface area (Å²) in [7, 11) is 0. The van der Waals surface area contributed by atoms with Crippen molar-refractivity contribution in [1.82, 2.24) is 15.0 Å². The van der Waals surface area contributed by atoms with Crippen LogP contribution in [0.2, 0.25) is 0 Å². The van der Waals surface area contributed by atoms with E-state index in [1.54, 1.807) is 0 Å². The second kappa shape index (κ2) is 11.4. The van der Waals surface area contributed by atoms with Crippen molar-refractivity contribution in [2.75, 3.05) is 0 Å². The number of fused-ring (bicyclic) bond motifs is 6. The number of furan rings is 2. The fourth-order valence-electron chi connectivity index (χ4n) is 6.98. The Bertz CT molecular complexity index is 2850. The van der Waals surface area contributed by atoms with Gasteiger partial charge in [-0.25, -0.2) is 15.0 Å². The van der Waals surface area contributed by atoms with Gasteiger partial charge in [0.15, 0.2) is 17.5 Å². The molecule has 5 nitrogen and oxygen atoms in total. The number of benzene rings is 7. The van der Waals surface area contributed by atoms with Gasteiger partial charge in [-0.05, 0) is 52.6 Å². The van der Waals surface area contributed by atoms with Gasteiger partial charge < -0.3 is 8.83 Å². The first-order valence-corrected chi connectivity index (χ1v) is 16.6. The molecule has 10 rings (SSSR count). The fraction of sp³-hybridized carbons (Fsp3) is 0. The zero-order valence-corrected chi connectivity index (χ0v) is 26.7. The van der Waals surface area contributed by atoms with Gasteiger partial charge in [0.25, 0.3) is 0 Å². The molecule has 3 heterocycles. The highest BCUT2D eigenvalue weighted by molar-refractivity contribution is 6.16. The molecule has 0 spiro atoms. The van der Waals surface area contributed by atoms with Gasteiger partial charge in [-0.2, -0.15) is 0 Å². The van der Waals surface area contributed by atoms with Crippen molar-refractivity contribution < 1.29 is 8.83 Å². The molecule has 0 bridgehead atoms. The number of hydrogen-bond donors (Lipinski definition) is 0. The molecule has 0 unspecified atom stereocenters. The highest BCUT2D eigenvalue weighted by Gasteiger charge is 2.19. The molecule has 0 saturated carbocycles. The van der Waals surface area contributed by atoms with Gasteiger partial charge in [0.2, 0.25) is 0 Å². The second-order valence-electron chi connectivity index (χ2n) is 12.4. The van der Waals surface area contributed by atoms with Gasteiger partial charge >= 0.3 is 0 Å². The maximum absolute atomic E-state index is 6.44. The molecule has 0 radical (unpaired) electrons. The van der Waals surface area contributed by atoms with Gasteiger partial charge in [0.05, 0.1) is 0 Å². The molecule has 50 heavy (non-hydrogen) atoms. The first kappa shape index (κ1) is 28.2. The number of para-hydroxylation sites is 1. The van der Waals surface area contributed by atoms with Gasteiger partial charge in [0.1, 0.15) is 22.3 Å². The second-order valence-corrected chi connectivity index (χ2v) is 12.4. The predicted molar refractivity (Wildman–Crippen MR) is 202 cm³/mol. The van der Waals surface area contributed by atoms with E-state index in [1.165, 1.54) is 0 Å². The standard InChI is InChI=1S/C45H27N3O2/c1-3-11-28(12-4-1)29-21-23-31(24-22-29)44-46-43(30-13-5-2-6-14-30)47-45(48-44)35-17-10-20-40-42(35)36-27-32(25-26-38(36)50-40)33-16-9-19-39-41(33)34-15-7-8-18-37(34)49-39/h1-27H. The van der Waals surface area contributed by atoms with E-state index in [0.29, 0.717) is 17.5 Å². The van der Waals surface area contributed by atoms with Gasteiger partial charge in [-0.1, -0.05) is 133 Å². The summed E-state index contributed by atoms with van der Waals surface area (Å²) in [4.78, 5) is 15.2.